The molecule has 66 valence electrons. The standard InChI is InChI=1S/C8H11NO2S/c1-2-3-9-8(11)6-4-7(10)12-5-6/h2,6H,1,3-5H2,(H,9,11). The quantitative estimate of drug-likeness (QED) is 0.654. The van der Waals surface area contributed by atoms with Crippen molar-refractivity contribution in [3.63, 3.8) is 0 Å². The minimum atomic E-state index is -0.123. The van der Waals surface area contributed by atoms with E-state index >= 15 is 0 Å². The molecule has 4 heteroatoms. The lowest BCUT2D eigenvalue weighted by molar-refractivity contribution is -0.125. The molecule has 1 N–H and O–H groups in total. The van der Waals surface area contributed by atoms with Crippen LogP contribution in [0.2, 0.25) is 0 Å². The van der Waals surface area contributed by atoms with Crippen LogP contribution in [0.25, 0.3) is 0 Å². The van der Waals surface area contributed by atoms with Crippen LogP contribution in [0.1, 0.15) is 6.42 Å². The maximum atomic E-state index is 11.2. The zero-order chi connectivity index (χ0) is 8.97. The number of carbonyl (C=O) groups is 2. The summed E-state index contributed by atoms with van der Waals surface area (Å²) < 4.78 is 0. The van der Waals surface area contributed by atoms with Gasteiger partial charge in [0.05, 0.1) is 5.92 Å². The first kappa shape index (κ1) is 9.32. The summed E-state index contributed by atoms with van der Waals surface area (Å²) in [6.45, 7) is 3.97. The number of nitrogens with one attached hydrogen (secondary N) is 1. The number of rotatable bonds is 3. The van der Waals surface area contributed by atoms with Gasteiger partial charge in [-0.3, -0.25) is 9.59 Å². The van der Waals surface area contributed by atoms with E-state index < -0.39 is 0 Å². The molecule has 0 aromatic rings. The first-order chi connectivity index (χ1) is 5.74. The van der Waals surface area contributed by atoms with E-state index in [1.54, 1.807) is 6.08 Å². The summed E-state index contributed by atoms with van der Waals surface area (Å²) >= 11 is 1.24. The van der Waals surface area contributed by atoms with Gasteiger partial charge in [0, 0.05) is 18.7 Å². The maximum Gasteiger partial charge on any atom is 0.224 e. The van der Waals surface area contributed by atoms with Crippen molar-refractivity contribution < 1.29 is 9.59 Å². The average Bonchev–Trinajstić information content (AvgIpc) is 2.47. The Kier molecular flexibility index (Phi) is 3.34. The number of carbonyl (C=O) groups excluding carboxylic acids is 2. The van der Waals surface area contributed by atoms with Crippen molar-refractivity contribution >= 4 is 22.8 Å². The molecule has 0 aromatic heterocycles. The van der Waals surface area contributed by atoms with Gasteiger partial charge < -0.3 is 5.32 Å². The highest BCUT2D eigenvalue weighted by atomic mass is 32.2. The Morgan fingerprint density at radius 2 is 2.58 bits per heavy atom. The largest absolute Gasteiger partial charge is 0.352 e. The highest BCUT2D eigenvalue weighted by Crippen LogP contribution is 2.24. The second-order valence-electron chi connectivity index (χ2n) is 2.62. The second-order valence-corrected chi connectivity index (χ2v) is 3.70. The van der Waals surface area contributed by atoms with E-state index in [1.165, 1.54) is 11.8 Å². The Balaban J connectivity index is 2.32. The fraction of sp³-hybridized carbons (Fsp3) is 0.500. The van der Waals surface area contributed by atoms with Crippen LogP contribution in [0, 0.1) is 5.92 Å². The number of thioether (sulfide) groups is 1. The molecule has 1 fully saturated rings. The van der Waals surface area contributed by atoms with Crippen molar-refractivity contribution in [1.82, 2.24) is 5.32 Å². The molecule has 1 saturated heterocycles. The summed E-state index contributed by atoms with van der Waals surface area (Å²) in [5, 5.41) is 2.79. The number of hydrogen-bond donors (Lipinski definition) is 1. The SMILES string of the molecule is C=CCNC(=O)C1CSC(=O)C1. The van der Waals surface area contributed by atoms with Gasteiger partial charge in [-0.25, -0.2) is 0 Å². The lowest BCUT2D eigenvalue weighted by atomic mass is 10.1. The van der Waals surface area contributed by atoms with Crippen molar-refractivity contribution in [3.05, 3.63) is 12.7 Å². The molecule has 0 aliphatic carbocycles. The molecule has 0 bridgehead atoms. The molecule has 1 amide bonds. The highest BCUT2D eigenvalue weighted by Gasteiger charge is 2.28. The third kappa shape index (κ3) is 2.37. The smallest absolute Gasteiger partial charge is 0.224 e. The second kappa shape index (κ2) is 4.30. The zero-order valence-electron chi connectivity index (χ0n) is 6.71. The molecule has 1 rings (SSSR count). The van der Waals surface area contributed by atoms with Gasteiger partial charge in [-0.05, 0) is 0 Å². The van der Waals surface area contributed by atoms with Crippen molar-refractivity contribution in [2.75, 3.05) is 12.3 Å². The average molecular weight is 185 g/mol. The normalized spacial score (nSPS) is 22.3. The topological polar surface area (TPSA) is 46.2 Å². The fourth-order valence-corrected chi connectivity index (χ4v) is 1.97. The lowest BCUT2D eigenvalue weighted by Gasteiger charge is -2.05. The minimum absolute atomic E-state index is 0.0340. The molecule has 3 nitrogen and oxygen atoms in total. The van der Waals surface area contributed by atoms with Gasteiger partial charge in [-0.1, -0.05) is 17.8 Å². The van der Waals surface area contributed by atoms with Gasteiger partial charge in [0.1, 0.15) is 0 Å². The van der Waals surface area contributed by atoms with Gasteiger partial charge >= 0.3 is 0 Å². The van der Waals surface area contributed by atoms with E-state index in [0.717, 1.165) is 0 Å². The van der Waals surface area contributed by atoms with E-state index in [-0.39, 0.29) is 16.9 Å². The summed E-state index contributed by atoms with van der Waals surface area (Å²) in [6.07, 6.45) is 2.01. The van der Waals surface area contributed by atoms with Crippen LogP contribution < -0.4 is 5.32 Å². The first-order valence-electron chi connectivity index (χ1n) is 3.78. The highest BCUT2D eigenvalue weighted by molar-refractivity contribution is 8.14. The number of amides is 1. The zero-order valence-corrected chi connectivity index (χ0v) is 7.52. The Bertz CT molecular complexity index is 215. The Hall–Kier alpha value is -0.770. The minimum Gasteiger partial charge on any atom is -0.352 e. The molecule has 0 spiro atoms. The van der Waals surface area contributed by atoms with E-state index in [4.69, 9.17) is 0 Å². The van der Waals surface area contributed by atoms with Crippen molar-refractivity contribution in [1.29, 1.82) is 0 Å². The summed E-state index contributed by atoms with van der Waals surface area (Å²) in [6, 6.07) is 0. The van der Waals surface area contributed by atoms with Gasteiger partial charge in [0.15, 0.2) is 5.12 Å². The molecule has 0 aromatic carbocycles. The van der Waals surface area contributed by atoms with Gasteiger partial charge in [-0.2, -0.15) is 0 Å². The summed E-state index contributed by atoms with van der Waals surface area (Å²) in [7, 11) is 0. The van der Waals surface area contributed by atoms with E-state index in [9.17, 15) is 9.59 Å². The summed E-state index contributed by atoms with van der Waals surface area (Å²) in [4.78, 5) is 22.0. The molecule has 1 atom stereocenters. The third-order valence-electron chi connectivity index (χ3n) is 1.65. The van der Waals surface area contributed by atoms with Gasteiger partial charge in [0.2, 0.25) is 5.91 Å². The lowest BCUT2D eigenvalue weighted by Crippen LogP contribution is -2.30. The van der Waals surface area contributed by atoms with E-state index in [2.05, 4.69) is 11.9 Å². The van der Waals surface area contributed by atoms with Crippen LogP contribution in [-0.4, -0.2) is 23.3 Å². The molecule has 1 aliphatic heterocycles. The predicted molar refractivity (Wildman–Crippen MR) is 48.8 cm³/mol. The van der Waals surface area contributed by atoms with Crippen molar-refractivity contribution in [2.45, 2.75) is 6.42 Å². The number of hydrogen-bond acceptors (Lipinski definition) is 3. The van der Waals surface area contributed by atoms with Gasteiger partial charge in [-0.15, -0.1) is 6.58 Å². The van der Waals surface area contributed by atoms with Gasteiger partial charge in [0.25, 0.3) is 0 Å². The summed E-state index contributed by atoms with van der Waals surface area (Å²) in [5.74, 6) is 0.470. The monoisotopic (exact) mass is 185 g/mol. The van der Waals surface area contributed by atoms with Crippen molar-refractivity contribution in [2.24, 2.45) is 5.92 Å². The Morgan fingerprint density at radius 1 is 1.83 bits per heavy atom. The molecule has 0 saturated carbocycles. The van der Waals surface area contributed by atoms with E-state index in [0.29, 0.717) is 18.7 Å². The molecule has 1 heterocycles. The van der Waals surface area contributed by atoms with Crippen LogP contribution >= 0.6 is 11.8 Å². The molecule has 12 heavy (non-hydrogen) atoms. The van der Waals surface area contributed by atoms with Crippen LogP contribution in [0.4, 0.5) is 0 Å². The molecular weight excluding hydrogens is 174 g/mol. The first-order valence-corrected chi connectivity index (χ1v) is 4.77. The van der Waals surface area contributed by atoms with Crippen LogP contribution in [-0.2, 0) is 9.59 Å². The Morgan fingerprint density at radius 3 is 3.08 bits per heavy atom. The van der Waals surface area contributed by atoms with Crippen LogP contribution in [0.3, 0.4) is 0 Å². The molecular formula is C8H11NO2S. The molecule has 1 unspecified atom stereocenters. The van der Waals surface area contributed by atoms with E-state index in [1.807, 2.05) is 0 Å². The van der Waals surface area contributed by atoms with Crippen LogP contribution in [0.15, 0.2) is 12.7 Å². The maximum absolute atomic E-state index is 11.2. The molecule has 0 radical (unpaired) electrons. The van der Waals surface area contributed by atoms with Crippen LogP contribution in [0.5, 0.6) is 0 Å². The fourth-order valence-electron chi connectivity index (χ4n) is 0.998. The molecule has 1 aliphatic rings. The Labute approximate surface area is 75.6 Å². The predicted octanol–water partition coefficient (Wildman–Crippen LogP) is 0.568. The summed E-state index contributed by atoms with van der Waals surface area (Å²) in [5.41, 5.74) is 0. The third-order valence-corrected chi connectivity index (χ3v) is 2.71. The van der Waals surface area contributed by atoms with Crippen molar-refractivity contribution in [3.8, 4) is 0 Å².